The minimum atomic E-state index is -3.84. The third kappa shape index (κ3) is 6.20. The molecule has 8 nitrogen and oxygen atoms in total. The molecule has 0 spiro atoms. The maximum atomic E-state index is 12.8. The number of anilines is 3. The van der Waals surface area contributed by atoms with Gasteiger partial charge >= 0.3 is 0 Å². The van der Waals surface area contributed by atoms with Gasteiger partial charge in [-0.2, -0.15) is 0 Å². The van der Waals surface area contributed by atoms with Crippen LogP contribution in [0.1, 0.15) is 22.3 Å². The van der Waals surface area contributed by atoms with E-state index in [9.17, 15) is 21.6 Å². The summed E-state index contributed by atoms with van der Waals surface area (Å²) in [5, 5.41) is 2.63. The molecule has 3 aromatic rings. The number of hydrogen-bond acceptors (Lipinski definition) is 5. The van der Waals surface area contributed by atoms with E-state index >= 15 is 0 Å². The Balaban J connectivity index is 1.76. The summed E-state index contributed by atoms with van der Waals surface area (Å²) in [5.41, 5.74) is 4.57. The highest BCUT2D eigenvalue weighted by atomic mass is 32.2. The summed E-state index contributed by atoms with van der Waals surface area (Å²) in [7, 11) is -7.56. The molecule has 0 aliphatic carbocycles. The number of carbonyl (C=O) groups is 1. The van der Waals surface area contributed by atoms with Gasteiger partial charge < -0.3 is 5.32 Å². The molecule has 0 unspecified atom stereocenters. The maximum Gasteiger partial charge on any atom is 0.261 e. The van der Waals surface area contributed by atoms with Crippen LogP contribution in [-0.4, -0.2) is 35.5 Å². The van der Waals surface area contributed by atoms with Crippen LogP contribution in [0, 0.1) is 27.7 Å². The lowest BCUT2D eigenvalue weighted by atomic mass is 10.1. The number of nitrogens with zero attached hydrogens (tertiary/aromatic N) is 1. The second kappa shape index (κ2) is 10.1. The summed E-state index contributed by atoms with van der Waals surface area (Å²) >= 11 is 0. The van der Waals surface area contributed by atoms with E-state index in [0.717, 1.165) is 32.8 Å². The van der Waals surface area contributed by atoms with E-state index in [0.29, 0.717) is 17.1 Å². The molecule has 0 heterocycles. The molecule has 0 bridgehead atoms. The van der Waals surface area contributed by atoms with Gasteiger partial charge in [0.05, 0.1) is 22.5 Å². The summed E-state index contributed by atoms with van der Waals surface area (Å²) in [5.74, 6) is -0.555. The predicted molar refractivity (Wildman–Crippen MR) is 140 cm³/mol. The number of hydrogen-bond donors (Lipinski definition) is 2. The molecule has 35 heavy (non-hydrogen) atoms. The van der Waals surface area contributed by atoms with Crippen LogP contribution in [0.25, 0.3) is 0 Å². The smallest absolute Gasteiger partial charge is 0.261 e. The minimum absolute atomic E-state index is 0.0336. The first kappa shape index (κ1) is 26.2. The quantitative estimate of drug-likeness (QED) is 0.469. The Morgan fingerprint density at radius 2 is 1.34 bits per heavy atom. The van der Waals surface area contributed by atoms with Gasteiger partial charge in [-0.05, 0) is 80.3 Å². The molecule has 10 heteroatoms. The first-order valence-electron chi connectivity index (χ1n) is 10.8. The van der Waals surface area contributed by atoms with Crippen molar-refractivity contribution in [2.75, 3.05) is 27.1 Å². The summed E-state index contributed by atoms with van der Waals surface area (Å²) in [6.45, 7) is 6.89. The molecule has 0 atom stereocenters. The van der Waals surface area contributed by atoms with E-state index in [1.807, 2.05) is 45.0 Å². The van der Waals surface area contributed by atoms with Crippen molar-refractivity contribution in [1.29, 1.82) is 0 Å². The van der Waals surface area contributed by atoms with Crippen molar-refractivity contribution in [2.24, 2.45) is 0 Å². The van der Waals surface area contributed by atoms with Crippen LogP contribution in [0.2, 0.25) is 0 Å². The van der Waals surface area contributed by atoms with Crippen LogP contribution < -0.4 is 14.3 Å². The maximum absolute atomic E-state index is 12.8. The number of amides is 1. The van der Waals surface area contributed by atoms with Crippen LogP contribution in [-0.2, 0) is 24.8 Å². The van der Waals surface area contributed by atoms with Gasteiger partial charge in [0.25, 0.3) is 10.0 Å². The van der Waals surface area contributed by atoms with E-state index in [4.69, 9.17) is 0 Å². The Morgan fingerprint density at radius 3 is 1.91 bits per heavy atom. The van der Waals surface area contributed by atoms with E-state index in [1.165, 1.54) is 24.3 Å². The highest BCUT2D eigenvalue weighted by Gasteiger charge is 2.23. The van der Waals surface area contributed by atoms with Gasteiger partial charge in [-0.3, -0.25) is 13.8 Å². The third-order valence-electron chi connectivity index (χ3n) is 5.70. The molecule has 0 aliphatic heterocycles. The second-order valence-electron chi connectivity index (χ2n) is 8.43. The normalized spacial score (nSPS) is 11.7. The molecule has 186 valence electrons. The zero-order chi connectivity index (χ0) is 26.0. The number of benzene rings is 3. The Morgan fingerprint density at radius 1 is 0.800 bits per heavy atom. The van der Waals surface area contributed by atoms with Gasteiger partial charge in [-0.1, -0.05) is 30.3 Å². The van der Waals surface area contributed by atoms with E-state index < -0.39 is 32.5 Å². The van der Waals surface area contributed by atoms with Gasteiger partial charge in [-0.25, -0.2) is 16.8 Å². The average molecular weight is 516 g/mol. The molecular formula is C25H29N3O5S2. The predicted octanol–water partition coefficient (Wildman–Crippen LogP) is 4.13. The highest BCUT2D eigenvalue weighted by molar-refractivity contribution is 7.92. The summed E-state index contributed by atoms with van der Waals surface area (Å²) in [4.78, 5) is 12.7. The molecule has 3 rings (SSSR count). The molecule has 0 radical (unpaired) electrons. The second-order valence-corrected chi connectivity index (χ2v) is 12.0. The fraction of sp³-hybridized carbons (Fsp3) is 0.240. The van der Waals surface area contributed by atoms with Crippen molar-refractivity contribution < 1.29 is 21.6 Å². The number of para-hydroxylation sites is 1. The lowest BCUT2D eigenvalue weighted by Gasteiger charge is -2.24. The lowest BCUT2D eigenvalue weighted by molar-refractivity contribution is -0.114. The SMILES string of the molecule is Cc1cccc(N(CC(=O)Nc2ccc(S(=O)(=O)Nc3c(C)cccc3C)cc2)S(C)(=O)=O)c1C. The largest absolute Gasteiger partial charge is 0.325 e. The molecule has 0 saturated heterocycles. The van der Waals surface area contributed by atoms with Crippen LogP contribution in [0.4, 0.5) is 17.1 Å². The van der Waals surface area contributed by atoms with Crippen molar-refractivity contribution in [3.8, 4) is 0 Å². The van der Waals surface area contributed by atoms with E-state index in [2.05, 4.69) is 10.0 Å². The first-order chi connectivity index (χ1) is 16.3. The molecule has 1 amide bonds. The molecule has 0 aliphatic rings. The fourth-order valence-corrected chi connectivity index (χ4v) is 5.71. The Kier molecular flexibility index (Phi) is 7.56. The third-order valence-corrected chi connectivity index (χ3v) is 8.19. The van der Waals surface area contributed by atoms with Gasteiger partial charge in [0, 0.05) is 5.69 Å². The summed E-state index contributed by atoms with van der Waals surface area (Å²) in [6.07, 6.45) is 1.05. The number of sulfonamides is 2. The Bertz CT molecular complexity index is 1450. The van der Waals surface area contributed by atoms with Crippen LogP contribution >= 0.6 is 0 Å². The van der Waals surface area contributed by atoms with Crippen molar-refractivity contribution in [3.05, 3.63) is 82.9 Å². The van der Waals surface area contributed by atoms with Gasteiger partial charge in [0.15, 0.2) is 0 Å². The van der Waals surface area contributed by atoms with E-state index in [-0.39, 0.29) is 4.90 Å². The molecule has 0 fully saturated rings. The number of nitrogens with one attached hydrogen (secondary N) is 2. The van der Waals surface area contributed by atoms with E-state index in [1.54, 1.807) is 19.1 Å². The Labute approximate surface area is 207 Å². The summed E-state index contributed by atoms with van der Waals surface area (Å²) in [6, 6.07) is 16.4. The minimum Gasteiger partial charge on any atom is -0.325 e. The topological polar surface area (TPSA) is 113 Å². The van der Waals surface area contributed by atoms with Crippen molar-refractivity contribution in [1.82, 2.24) is 0 Å². The van der Waals surface area contributed by atoms with Crippen LogP contribution in [0.5, 0.6) is 0 Å². The van der Waals surface area contributed by atoms with Gasteiger partial charge in [0.2, 0.25) is 15.9 Å². The number of rotatable bonds is 8. The number of aryl methyl sites for hydroxylation is 3. The fourth-order valence-electron chi connectivity index (χ4n) is 3.60. The average Bonchev–Trinajstić information content (AvgIpc) is 2.76. The lowest BCUT2D eigenvalue weighted by Crippen LogP contribution is -2.38. The van der Waals surface area contributed by atoms with Crippen LogP contribution in [0.15, 0.2) is 65.6 Å². The van der Waals surface area contributed by atoms with Gasteiger partial charge in [0.1, 0.15) is 6.54 Å². The van der Waals surface area contributed by atoms with Crippen molar-refractivity contribution >= 4 is 43.0 Å². The molecule has 2 N–H and O–H groups in total. The first-order valence-corrected chi connectivity index (χ1v) is 14.2. The van der Waals surface area contributed by atoms with Crippen LogP contribution in [0.3, 0.4) is 0 Å². The van der Waals surface area contributed by atoms with Crippen molar-refractivity contribution in [3.63, 3.8) is 0 Å². The highest BCUT2D eigenvalue weighted by Crippen LogP contribution is 2.26. The van der Waals surface area contributed by atoms with Crippen molar-refractivity contribution in [2.45, 2.75) is 32.6 Å². The molecular weight excluding hydrogens is 486 g/mol. The molecule has 0 saturated carbocycles. The standard InChI is InChI=1S/C25H29N3O5S2/c1-17-8-7-11-23(20(17)4)28(34(5,30)31)16-24(29)26-21-12-14-22(15-13-21)35(32,33)27-25-18(2)9-6-10-19(25)3/h6-15,27H,16H2,1-5H3,(H,26,29). The monoisotopic (exact) mass is 515 g/mol. The molecule has 3 aromatic carbocycles. The summed E-state index contributed by atoms with van der Waals surface area (Å²) < 4.78 is 54.2. The molecule has 0 aromatic heterocycles. The zero-order valence-corrected chi connectivity index (χ0v) is 21.9. The van der Waals surface area contributed by atoms with Gasteiger partial charge in [-0.15, -0.1) is 0 Å². The number of carbonyl (C=O) groups excluding carboxylic acids is 1. The Hall–Kier alpha value is -3.37. The zero-order valence-electron chi connectivity index (χ0n) is 20.3.